The SMILES string of the molecule is NC(=O)[C@@H]1[C@H](Nc2nc(Cl)ncc2Br)[C@H]2C=C[C@@H]1C2. The molecule has 4 atom stereocenters. The first-order valence-electron chi connectivity index (χ1n) is 5.98. The van der Waals surface area contributed by atoms with E-state index in [4.69, 9.17) is 17.3 Å². The van der Waals surface area contributed by atoms with E-state index in [1.54, 1.807) is 6.20 Å². The number of primary amides is 1. The minimum absolute atomic E-state index is 0.0326. The van der Waals surface area contributed by atoms with Crippen molar-refractivity contribution in [3.05, 3.63) is 28.1 Å². The molecule has 1 amide bonds. The van der Waals surface area contributed by atoms with Crippen LogP contribution >= 0.6 is 27.5 Å². The Morgan fingerprint density at radius 3 is 2.95 bits per heavy atom. The number of rotatable bonds is 3. The van der Waals surface area contributed by atoms with Gasteiger partial charge in [-0.15, -0.1) is 0 Å². The molecular weight excluding hydrogens is 332 g/mol. The van der Waals surface area contributed by atoms with Crippen molar-refractivity contribution in [1.29, 1.82) is 0 Å². The fourth-order valence-corrected chi connectivity index (χ4v) is 3.45. The molecule has 1 heterocycles. The van der Waals surface area contributed by atoms with Gasteiger partial charge >= 0.3 is 0 Å². The van der Waals surface area contributed by atoms with E-state index >= 15 is 0 Å². The van der Waals surface area contributed by atoms with Crippen LogP contribution in [0.1, 0.15) is 6.42 Å². The van der Waals surface area contributed by atoms with Crippen LogP contribution in [0.3, 0.4) is 0 Å². The summed E-state index contributed by atoms with van der Waals surface area (Å²) in [6, 6.07) is -0.0326. The molecule has 1 aromatic heterocycles. The number of halogens is 2. The van der Waals surface area contributed by atoms with Crippen LogP contribution in [-0.4, -0.2) is 21.9 Å². The van der Waals surface area contributed by atoms with E-state index in [0.29, 0.717) is 16.2 Å². The summed E-state index contributed by atoms with van der Waals surface area (Å²) >= 11 is 9.16. The van der Waals surface area contributed by atoms with E-state index in [2.05, 4.69) is 43.4 Å². The summed E-state index contributed by atoms with van der Waals surface area (Å²) in [6.07, 6.45) is 6.76. The minimum Gasteiger partial charge on any atom is -0.369 e. The Bertz CT molecular complexity index is 565. The molecule has 19 heavy (non-hydrogen) atoms. The van der Waals surface area contributed by atoms with Crippen molar-refractivity contribution < 1.29 is 4.79 Å². The second-order valence-electron chi connectivity index (χ2n) is 4.88. The number of carbonyl (C=O) groups excluding carboxylic acids is 1. The van der Waals surface area contributed by atoms with E-state index in [1.165, 1.54) is 0 Å². The van der Waals surface area contributed by atoms with Crippen molar-refractivity contribution in [2.75, 3.05) is 5.32 Å². The first-order chi connectivity index (χ1) is 9.06. The standard InChI is InChI=1S/C12H12BrClN4O/c13-7-4-16-12(14)18-11(7)17-9-6-2-1-5(3-6)8(9)10(15)19/h1-2,4-6,8-9H,3H2,(H2,15,19)(H,16,17,18)/t5-,6+,8+,9-/m1/s1. The molecule has 5 nitrogen and oxygen atoms in total. The van der Waals surface area contributed by atoms with E-state index in [1.807, 2.05) is 0 Å². The lowest BCUT2D eigenvalue weighted by Crippen LogP contribution is -2.41. The third-order valence-electron chi connectivity index (χ3n) is 3.81. The summed E-state index contributed by atoms with van der Waals surface area (Å²) in [5, 5.41) is 3.44. The van der Waals surface area contributed by atoms with Gasteiger partial charge in [-0.1, -0.05) is 12.2 Å². The Kier molecular flexibility index (Phi) is 3.22. The van der Waals surface area contributed by atoms with Crippen molar-refractivity contribution in [2.24, 2.45) is 23.5 Å². The van der Waals surface area contributed by atoms with Crippen LogP contribution in [0.25, 0.3) is 0 Å². The maximum Gasteiger partial charge on any atom is 0.224 e. The molecule has 100 valence electrons. The van der Waals surface area contributed by atoms with Crippen molar-refractivity contribution in [3.63, 3.8) is 0 Å². The van der Waals surface area contributed by atoms with Gasteiger partial charge < -0.3 is 11.1 Å². The zero-order valence-electron chi connectivity index (χ0n) is 9.88. The number of amides is 1. The topological polar surface area (TPSA) is 80.9 Å². The zero-order valence-corrected chi connectivity index (χ0v) is 12.2. The maximum atomic E-state index is 11.6. The Balaban J connectivity index is 1.88. The highest BCUT2D eigenvalue weighted by Crippen LogP contribution is 2.45. The van der Waals surface area contributed by atoms with Crippen molar-refractivity contribution in [2.45, 2.75) is 12.5 Å². The molecule has 1 aromatic rings. The summed E-state index contributed by atoms with van der Waals surface area (Å²) in [6.45, 7) is 0. The van der Waals surface area contributed by atoms with Gasteiger partial charge in [0.05, 0.1) is 10.4 Å². The molecule has 1 saturated carbocycles. The van der Waals surface area contributed by atoms with Gasteiger partial charge in [0, 0.05) is 12.2 Å². The lowest BCUT2D eigenvalue weighted by molar-refractivity contribution is -0.122. The molecule has 2 aliphatic rings. The predicted octanol–water partition coefficient (Wildman–Crippen LogP) is 1.98. The maximum absolute atomic E-state index is 11.6. The second-order valence-corrected chi connectivity index (χ2v) is 6.07. The number of anilines is 1. The fourth-order valence-electron chi connectivity index (χ4n) is 3.01. The minimum atomic E-state index is -0.273. The fraction of sp³-hybridized carbons (Fsp3) is 0.417. The molecule has 1 fully saturated rings. The van der Waals surface area contributed by atoms with Gasteiger partial charge in [0.1, 0.15) is 5.82 Å². The van der Waals surface area contributed by atoms with Crippen LogP contribution in [0.15, 0.2) is 22.8 Å². The van der Waals surface area contributed by atoms with Gasteiger partial charge in [-0.2, -0.15) is 4.98 Å². The van der Waals surface area contributed by atoms with Gasteiger partial charge in [0.15, 0.2) is 0 Å². The molecule has 7 heteroatoms. The number of nitrogens with two attached hydrogens (primary N) is 1. The third-order valence-corrected chi connectivity index (χ3v) is 4.57. The molecule has 0 spiro atoms. The third kappa shape index (κ3) is 2.23. The Hall–Kier alpha value is -1.14. The van der Waals surface area contributed by atoms with Gasteiger partial charge in [-0.3, -0.25) is 4.79 Å². The molecule has 0 aromatic carbocycles. The molecule has 2 aliphatic carbocycles. The molecule has 0 radical (unpaired) electrons. The monoisotopic (exact) mass is 342 g/mol. The van der Waals surface area contributed by atoms with E-state index in [-0.39, 0.29) is 29.1 Å². The number of nitrogens with zero attached hydrogens (tertiary/aromatic N) is 2. The van der Waals surface area contributed by atoms with Gasteiger partial charge in [0.25, 0.3) is 0 Å². The first-order valence-corrected chi connectivity index (χ1v) is 7.15. The number of aromatic nitrogens is 2. The highest BCUT2D eigenvalue weighted by molar-refractivity contribution is 9.10. The van der Waals surface area contributed by atoms with Crippen LogP contribution in [0, 0.1) is 17.8 Å². The molecule has 2 bridgehead atoms. The Labute approximate surface area is 123 Å². The quantitative estimate of drug-likeness (QED) is 0.649. The molecule has 0 unspecified atom stereocenters. The van der Waals surface area contributed by atoms with E-state index < -0.39 is 0 Å². The zero-order chi connectivity index (χ0) is 13.6. The average molecular weight is 344 g/mol. The lowest BCUT2D eigenvalue weighted by atomic mass is 9.88. The summed E-state index contributed by atoms with van der Waals surface area (Å²) in [7, 11) is 0. The first kappa shape index (κ1) is 12.9. The number of hydrogen-bond acceptors (Lipinski definition) is 4. The highest BCUT2D eigenvalue weighted by atomic mass is 79.9. The Morgan fingerprint density at radius 1 is 1.47 bits per heavy atom. The highest BCUT2D eigenvalue weighted by Gasteiger charge is 2.47. The van der Waals surface area contributed by atoms with Crippen molar-refractivity contribution in [1.82, 2.24) is 9.97 Å². The average Bonchev–Trinajstić information content (AvgIpc) is 2.94. The summed E-state index contributed by atoms with van der Waals surface area (Å²) < 4.78 is 0.715. The number of allylic oxidation sites excluding steroid dienone is 1. The number of carbonyl (C=O) groups is 1. The van der Waals surface area contributed by atoms with Crippen LogP contribution in [-0.2, 0) is 4.79 Å². The molecule has 0 aliphatic heterocycles. The van der Waals surface area contributed by atoms with Gasteiger partial charge in [0.2, 0.25) is 11.2 Å². The predicted molar refractivity (Wildman–Crippen MR) is 75.6 cm³/mol. The Morgan fingerprint density at radius 2 is 2.21 bits per heavy atom. The normalized spacial score (nSPS) is 31.7. The van der Waals surface area contributed by atoms with Gasteiger partial charge in [-0.25, -0.2) is 4.98 Å². The summed E-state index contributed by atoms with van der Waals surface area (Å²) in [5.41, 5.74) is 5.51. The molecule has 0 saturated heterocycles. The van der Waals surface area contributed by atoms with Gasteiger partial charge in [-0.05, 0) is 45.8 Å². The molecule has 3 rings (SSSR count). The lowest BCUT2D eigenvalue weighted by Gasteiger charge is -2.27. The molecule has 3 N–H and O–H groups in total. The number of fused-ring (bicyclic) bond motifs is 2. The summed E-state index contributed by atoms with van der Waals surface area (Å²) in [4.78, 5) is 19.6. The summed E-state index contributed by atoms with van der Waals surface area (Å²) in [5.74, 6) is 0.665. The number of hydrogen-bond donors (Lipinski definition) is 2. The van der Waals surface area contributed by atoms with Crippen LogP contribution < -0.4 is 11.1 Å². The van der Waals surface area contributed by atoms with E-state index in [0.717, 1.165) is 6.42 Å². The largest absolute Gasteiger partial charge is 0.369 e. The van der Waals surface area contributed by atoms with Crippen LogP contribution in [0.4, 0.5) is 5.82 Å². The smallest absolute Gasteiger partial charge is 0.224 e. The van der Waals surface area contributed by atoms with Crippen molar-refractivity contribution >= 4 is 39.3 Å². The van der Waals surface area contributed by atoms with E-state index in [9.17, 15) is 4.79 Å². The molecular formula is C12H12BrClN4O. The second kappa shape index (κ2) is 4.76. The van der Waals surface area contributed by atoms with Crippen LogP contribution in [0.2, 0.25) is 5.28 Å². The van der Waals surface area contributed by atoms with Crippen molar-refractivity contribution in [3.8, 4) is 0 Å². The van der Waals surface area contributed by atoms with Crippen LogP contribution in [0.5, 0.6) is 0 Å². The number of nitrogens with one attached hydrogen (secondary N) is 1.